The predicted octanol–water partition coefficient (Wildman–Crippen LogP) is 2.94. The summed E-state index contributed by atoms with van der Waals surface area (Å²) in [7, 11) is 0. The fourth-order valence-corrected chi connectivity index (χ4v) is 1.75. The quantitative estimate of drug-likeness (QED) is 0.721. The number of aliphatic hydroxyl groups is 1. The van der Waals surface area contributed by atoms with Gasteiger partial charge in [0.15, 0.2) is 0 Å². The number of halogens is 1. The SMILES string of the molecule is C=CCC(C)NCC(O)COc1ccc(Cl)c(C)c1. The Bertz CT molecular complexity index is 409. The Labute approximate surface area is 120 Å². The molecular weight excluding hydrogens is 262 g/mol. The van der Waals surface area contributed by atoms with Crippen molar-refractivity contribution in [1.29, 1.82) is 0 Å². The first-order valence-corrected chi connectivity index (χ1v) is 6.82. The Morgan fingerprint density at radius 3 is 2.89 bits per heavy atom. The van der Waals surface area contributed by atoms with Crippen molar-refractivity contribution >= 4 is 11.6 Å². The van der Waals surface area contributed by atoms with E-state index in [1.54, 1.807) is 12.1 Å². The fourth-order valence-electron chi connectivity index (χ4n) is 1.63. The largest absolute Gasteiger partial charge is 0.491 e. The smallest absolute Gasteiger partial charge is 0.119 e. The van der Waals surface area contributed by atoms with E-state index in [4.69, 9.17) is 16.3 Å². The molecule has 2 atom stereocenters. The van der Waals surface area contributed by atoms with E-state index in [0.29, 0.717) is 17.6 Å². The molecule has 0 bridgehead atoms. The molecule has 106 valence electrons. The van der Waals surface area contributed by atoms with Gasteiger partial charge < -0.3 is 15.2 Å². The van der Waals surface area contributed by atoms with Crippen molar-refractivity contribution in [2.45, 2.75) is 32.4 Å². The highest BCUT2D eigenvalue weighted by Crippen LogP contribution is 2.21. The van der Waals surface area contributed by atoms with Gasteiger partial charge in [-0.2, -0.15) is 0 Å². The molecule has 0 heterocycles. The minimum Gasteiger partial charge on any atom is -0.491 e. The van der Waals surface area contributed by atoms with E-state index in [1.807, 2.05) is 19.1 Å². The van der Waals surface area contributed by atoms with Crippen LogP contribution in [0.15, 0.2) is 30.9 Å². The lowest BCUT2D eigenvalue weighted by molar-refractivity contribution is 0.104. The highest BCUT2D eigenvalue weighted by Gasteiger charge is 2.07. The molecule has 4 heteroatoms. The molecule has 0 spiro atoms. The number of aryl methyl sites for hydroxylation is 1. The van der Waals surface area contributed by atoms with Gasteiger partial charge in [-0.3, -0.25) is 0 Å². The Morgan fingerprint density at radius 1 is 1.53 bits per heavy atom. The van der Waals surface area contributed by atoms with E-state index in [2.05, 4.69) is 18.8 Å². The Balaban J connectivity index is 2.31. The van der Waals surface area contributed by atoms with Crippen LogP contribution in [0.2, 0.25) is 5.02 Å². The molecule has 0 radical (unpaired) electrons. The van der Waals surface area contributed by atoms with Crippen molar-refractivity contribution in [3.8, 4) is 5.75 Å². The van der Waals surface area contributed by atoms with Crippen LogP contribution in [-0.4, -0.2) is 30.4 Å². The van der Waals surface area contributed by atoms with Crippen molar-refractivity contribution < 1.29 is 9.84 Å². The van der Waals surface area contributed by atoms with E-state index in [0.717, 1.165) is 17.7 Å². The van der Waals surface area contributed by atoms with Crippen LogP contribution < -0.4 is 10.1 Å². The first-order valence-electron chi connectivity index (χ1n) is 6.44. The van der Waals surface area contributed by atoms with Crippen molar-refractivity contribution in [3.63, 3.8) is 0 Å². The van der Waals surface area contributed by atoms with Gasteiger partial charge in [-0.15, -0.1) is 6.58 Å². The number of hydrogen-bond acceptors (Lipinski definition) is 3. The van der Waals surface area contributed by atoms with Crippen LogP contribution >= 0.6 is 11.6 Å². The van der Waals surface area contributed by atoms with Gasteiger partial charge in [0.25, 0.3) is 0 Å². The summed E-state index contributed by atoms with van der Waals surface area (Å²) in [5.41, 5.74) is 0.964. The topological polar surface area (TPSA) is 41.5 Å². The summed E-state index contributed by atoms with van der Waals surface area (Å²) in [6.07, 6.45) is 2.20. The molecule has 0 saturated heterocycles. The fraction of sp³-hybridized carbons (Fsp3) is 0.467. The normalized spacial score (nSPS) is 13.9. The lowest BCUT2D eigenvalue weighted by Gasteiger charge is -2.16. The first-order chi connectivity index (χ1) is 9.02. The summed E-state index contributed by atoms with van der Waals surface area (Å²) in [5.74, 6) is 0.722. The lowest BCUT2D eigenvalue weighted by Crippen LogP contribution is -2.36. The Morgan fingerprint density at radius 2 is 2.26 bits per heavy atom. The monoisotopic (exact) mass is 283 g/mol. The standard InChI is InChI=1S/C15H22ClNO2/c1-4-5-12(3)17-9-13(18)10-19-14-6-7-15(16)11(2)8-14/h4,6-8,12-13,17-18H,1,5,9-10H2,2-3H3. The molecule has 0 aliphatic rings. The zero-order chi connectivity index (χ0) is 14.3. The lowest BCUT2D eigenvalue weighted by atomic mass is 10.2. The Hall–Kier alpha value is -1.03. The molecule has 2 unspecified atom stereocenters. The number of rotatable bonds is 8. The van der Waals surface area contributed by atoms with E-state index >= 15 is 0 Å². The number of hydrogen-bond donors (Lipinski definition) is 2. The average molecular weight is 284 g/mol. The number of ether oxygens (including phenoxy) is 1. The van der Waals surface area contributed by atoms with Crippen LogP contribution in [0.3, 0.4) is 0 Å². The summed E-state index contributed by atoms with van der Waals surface area (Å²) in [4.78, 5) is 0. The van der Waals surface area contributed by atoms with Crippen molar-refractivity contribution in [1.82, 2.24) is 5.32 Å². The van der Waals surface area contributed by atoms with Crippen LogP contribution in [0, 0.1) is 6.92 Å². The third-order valence-electron chi connectivity index (χ3n) is 2.79. The van der Waals surface area contributed by atoms with Crippen molar-refractivity contribution in [3.05, 3.63) is 41.4 Å². The second-order valence-corrected chi connectivity index (χ2v) is 5.12. The molecule has 0 amide bonds. The summed E-state index contributed by atoms with van der Waals surface area (Å²) < 4.78 is 5.53. The molecule has 1 aromatic rings. The third kappa shape index (κ3) is 6.10. The Kier molecular flexibility index (Phi) is 6.92. The average Bonchev–Trinajstić information content (AvgIpc) is 2.38. The van der Waals surface area contributed by atoms with Gasteiger partial charge in [0, 0.05) is 17.6 Å². The molecular formula is C15H22ClNO2. The van der Waals surface area contributed by atoms with Crippen molar-refractivity contribution in [2.24, 2.45) is 0 Å². The maximum atomic E-state index is 9.81. The number of benzene rings is 1. The van der Waals surface area contributed by atoms with Gasteiger partial charge in [-0.05, 0) is 44.0 Å². The molecule has 2 N–H and O–H groups in total. The highest BCUT2D eigenvalue weighted by atomic mass is 35.5. The number of aliphatic hydroxyl groups excluding tert-OH is 1. The summed E-state index contributed by atoms with van der Waals surface area (Å²) in [5, 5.41) is 13.7. The molecule has 0 aliphatic heterocycles. The zero-order valence-electron chi connectivity index (χ0n) is 11.5. The van der Waals surface area contributed by atoms with Crippen LogP contribution in [0.5, 0.6) is 5.75 Å². The summed E-state index contributed by atoms with van der Waals surface area (Å²) in [6.45, 7) is 8.42. The first kappa shape index (κ1) is 16.0. The van der Waals surface area contributed by atoms with E-state index in [1.165, 1.54) is 0 Å². The predicted molar refractivity (Wildman–Crippen MR) is 80.0 cm³/mol. The molecule has 3 nitrogen and oxygen atoms in total. The van der Waals surface area contributed by atoms with Crippen LogP contribution in [0.25, 0.3) is 0 Å². The third-order valence-corrected chi connectivity index (χ3v) is 3.22. The van der Waals surface area contributed by atoms with Gasteiger partial charge >= 0.3 is 0 Å². The molecule has 1 rings (SSSR count). The van der Waals surface area contributed by atoms with Gasteiger partial charge in [-0.25, -0.2) is 0 Å². The minimum absolute atomic E-state index is 0.259. The highest BCUT2D eigenvalue weighted by molar-refractivity contribution is 6.31. The van der Waals surface area contributed by atoms with Gasteiger partial charge in [0.2, 0.25) is 0 Å². The maximum Gasteiger partial charge on any atom is 0.119 e. The van der Waals surface area contributed by atoms with Gasteiger partial charge in [0.1, 0.15) is 18.5 Å². The summed E-state index contributed by atoms with van der Waals surface area (Å²) in [6, 6.07) is 5.77. The molecule has 19 heavy (non-hydrogen) atoms. The molecule has 0 fully saturated rings. The van der Waals surface area contributed by atoms with Gasteiger partial charge in [0.05, 0.1) is 0 Å². The van der Waals surface area contributed by atoms with Gasteiger partial charge in [-0.1, -0.05) is 17.7 Å². The van der Waals surface area contributed by atoms with E-state index in [-0.39, 0.29) is 6.61 Å². The minimum atomic E-state index is -0.539. The van der Waals surface area contributed by atoms with Crippen LogP contribution in [0.4, 0.5) is 0 Å². The molecule has 1 aromatic carbocycles. The number of nitrogens with one attached hydrogen (secondary N) is 1. The van der Waals surface area contributed by atoms with Crippen LogP contribution in [-0.2, 0) is 0 Å². The van der Waals surface area contributed by atoms with E-state index in [9.17, 15) is 5.11 Å². The zero-order valence-corrected chi connectivity index (χ0v) is 12.3. The van der Waals surface area contributed by atoms with Crippen LogP contribution in [0.1, 0.15) is 18.9 Å². The second kappa shape index (κ2) is 8.20. The summed E-state index contributed by atoms with van der Waals surface area (Å²) >= 11 is 5.93. The molecule has 0 saturated carbocycles. The van der Waals surface area contributed by atoms with Crippen molar-refractivity contribution in [2.75, 3.05) is 13.2 Å². The second-order valence-electron chi connectivity index (χ2n) is 4.71. The van der Waals surface area contributed by atoms with E-state index < -0.39 is 6.10 Å². The maximum absolute atomic E-state index is 9.81. The molecule has 0 aromatic heterocycles. The molecule has 0 aliphatic carbocycles.